The van der Waals surface area contributed by atoms with Gasteiger partial charge in [-0.25, -0.2) is 14.4 Å². The summed E-state index contributed by atoms with van der Waals surface area (Å²) in [4.78, 5) is 51.2. The van der Waals surface area contributed by atoms with Crippen molar-refractivity contribution in [3.8, 4) is 0 Å². The maximum absolute atomic E-state index is 12.5. The maximum atomic E-state index is 12.5. The maximum Gasteiger partial charge on any atom is 0.410 e. The zero-order valence-corrected chi connectivity index (χ0v) is 18.8. The lowest BCUT2D eigenvalue weighted by Gasteiger charge is -2.44. The standard InChI is InChI=1S/C22H29N3O8/c1-5-6-32-22(31)24-10-14(33-21(30)23-4)8-13(24)7-11(2)15-9-16-17(12(3)26)19(27)25(16)18(15)20(28)29/h5,7,12-14,16-17,26H,1,6,8-10H2,2-4H3,(H,23,30)(H,28,29)/t12-,13-,14-,16-,17-/m1/s1. The van der Waals surface area contributed by atoms with Crippen LogP contribution in [0.15, 0.2) is 35.6 Å². The Morgan fingerprint density at radius 2 is 2.06 bits per heavy atom. The monoisotopic (exact) mass is 463 g/mol. The van der Waals surface area contributed by atoms with Crippen LogP contribution in [0, 0.1) is 5.92 Å². The van der Waals surface area contributed by atoms with Gasteiger partial charge in [-0.3, -0.25) is 9.69 Å². The van der Waals surface area contributed by atoms with Gasteiger partial charge in [-0.05, 0) is 31.4 Å². The van der Waals surface area contributed by atoms with Gasteiger partial charge in [0.05, 0.1) is 30.7 Å². The van der Waals surface area contributed by atoms with Crippen molar-refractivity contribution in [3.63, 3.8) is 0 Å². The zero-order valence-electron chi connectivity index (χ0n) is 18.8. The number of allylic oxidation sites excluding steroid dienone is 1. The molecule has 3 amide bonds. The van der Waals surface area contributed by atoms with Gasteiger partial charge in [-0.1, -0.05) is 18.7 Å². The third-order valence-electron chi connectivity index (χ3n) is 6.19. The van der Waals surface area contributed by atoms with E-state index in [0.29, 0.717) is 17.6 Å². The number of carbonyl (C=O) groups excluding carboxylic acids is 3. The van der Waals surface area contributed by atoms with Gasteiger partial charge in [0.2, 0.25) is 5.91 Å². The molecule has 0 saturated carbocycles. The van der Waals surface area contributed by atoms with Crippen molar-refractivity contribution >= 4 is 24.1 Å². The summed E-state index contributed by atoms with van der Waals surface area (Å²) >= 11 is 0. The van der Waals surface area contributed by atoms with Crippen LogP contribution in [-0.2, 0) is 19.1 Å². The molecule has 0 radical (unpaired) electrons. The molecule has 0 aromatic heterocycles. The second-order valence-corrected chi connectivity index (χ2v) is 8.33. The van der Waals surface area contributed by atoms with Gasteiger partial charge >= 0.3 is 18.2 Å². The fourth-order valence-electron chi connectivity index (χ4n) is 4.71. The van der Waals surface area contributed by atoms with Crippen molar-refractivity contribution < 1.29 is 38.9 Å². The number of β-lactam (4-membered cyclic amide) rings is 1. The Hall–Kier alpha value is -3.34. The molecule has 11 nitrogen and oxygen atoms in total. The van der Waals surface area contributed by atoms with Crippen LogP contribution >= 0.6 is 0 Å². The smallest absolute Gasteiger partial charge is 0.410 e. The second-order valence-electron chi connectivity index (χ2n) is 8.33. The lowest BCUT2D eigenvalue weighted by molar-refractivity contribution is -0.161. The van der Waals surface area contributed by atoms with Gasteiger partial charge in [0, 0.05) is 13.5 Å². The Morgan fingerprint density at radius 1 is 1.36 bits per heavy atom. The van der Waals surface area contributed by atoms with E-state index in [-0.39, 0.29) is 25.3 Å². The summed E-state index contributed by atoms with van der Waals surface area (Å²) in [6.07, 6.45) is 1.05. The number of nitrogens with one attached hydrogen (secondary N) is 1. The summed E-state index contributed by atoms with van der Waals surface area (Å²) in [5.41, 5.74) is 0.956. The normalized spacial score (nSPS) is 27.6. The quantitative estimate of drug-likeness (QED) is 0.375. The van der Waals surface area contributed by atoms with Crippen LogP contribution < -0.4 is 5.32 Å². The molecule has 11 heteroatoms. The van der Waals surface area contributed by atoms with Gasteiger partial charge in [-0.15, -0.1) is 0 Å². The highest BCUT2D eigenvalue weighted by Gasteiger charge is 2.56. The van der Waals surface area contributed by atoms with E-state index in [2.05, 4.69) is 11.9 Å². The first kappa shape index (κ1) is 24.3. The molecular formula is C22H29N3O8. The van der Waals surface area contributed by atoms with Crippen LogP contribution in [0.4, 0.5) is 9.59 Å². The van der Waals surface area contributed by atoms with Gasteiger partial charge < -0.3 is 29.9 Å². The summed E-state index contributed by atoms with van der Waals surface area (Å²) in [5.74, 6) is -2.29. The number of rotatable bonds is 7. The molecule has 3 aliphatic rings. The third-order valence-corrected chi connectivity index (χ3v) is 6.19. The number of ether oxygens (including phenoxy) is 2. The van der Waals surface area contributed by atoms with E-state index < -0.39 is 54.3 Å². The number of aliphatic carboxylic acids is 1. The predicted molar refractivity (Wildman–Crippen MR) is 115 cm³/mol. The molecule has 2 saturated heterocycles. The summed E-state index contributed by atoms with van der Waals surface area (Å²) in [6, 6.07) is -0.931. The number of hydrogen-bond donors (Lipinski definition) is 3. The van der Waals surface area contributed by atoms with Crippen LogP contribution in [-0.4, -0.2) is 88.6 Å². The molecule has 180 valence electrons. The van der Waals surface area contributed by atoms with Crippen molar-refractivity contribution in [2.45, 2.75) is 51.0 Å². The van der Waals surface area contributed by atoms with Crippen LogP contribution in [0.3, 0.4) is 0 Å². The summed E-state index contributed by atoms with van der Waals surface area (Å²) < 4.78 is 10.5. The minimum atomic E-state index is -1.23. The highest BCUT2D eigenvalue weighted by atomic mass is 16.6. The minimum absolute atomic E-state index is 0.0134. The fourth-order valence-corrected chi connectivity index (χ4v) is 4.71. The lowest BCUT2D eigenvalue weighted by Crippen LogP contribution is -2.61. The molecule has 2 fully saturated rings. The number of likely N-dealkylation sites (tertiary alicyclic amines) is 1. The Balaban J connectivity index is 1.87. The van der Waals surface area contributed by atoms with E-state index >= 15 is 0 Å². The largest absolute Gasteiger partial charge is 0.477 e. The van der Waals surface area contributed by atoms with Crippen molar-refractivity contribution in [1.82, 2.24) is 15.1 Å². The number of amides is 3. The topological polar surface area (TPSA) is 146 Å². The molecular weight excluding hydrogens is 434 g/mol. The van der Waals surface area contributed by atoms with E-state index in [9.17, 15) is 29.4 Å². The molecule has 0 bridgehead atoms. The lowest BCUT2D eigenvalue weighted by atomic mass is 9.82. The van der Waals surface area contributed by atoms with Crippen LogP contribution in [0.5, 0.6) is 0 Å². The molecule has 3 aliphatic heterocycles. The van der Waals surface area contributed by atoms with Crippen LogP contribution in [0.1, 0.15) is 26.7 Å². The molecule has 5 atom stereocenters. The van der Waals surface area contributed by atoms with Crippen LogP contribution in [0.25, 0.3) is 0 Å². The Bertz CT molecular complexity index is 925. The fraction of sp³-hybridized carbons (Fsp3) is 0.545. The first-order valence-corrected chi connectivity index (χ1v) is 10.7. The van der Waals surface area contributed by atoms with Crippen molar-refractivity contribution in [2.75, 3.05) is 20.2 Å². The number of aliphatic hydroxyl groups is 1. The third kappa shape index (κ3) is 4.58. The molecule has 0 spiro atoms. The van der Waals surface area contributed by atoms with Gasteiger partial charge in [0.1, 0.15) is 18.4 Å². The number of carboxylic acid groups (broad SMARTS) is 1. The number of carboxylic acids is 1. The van der Waals surface area contributed by atoms with Crippen molar-refractivity contribution in [1.29, 1.82) is 0 Å². The summed E-state index contributed by atoms with van der Waals surface area (Å²) in [7, 11) is 1.43. The molecule has 0 aromatic rings. The second kappa shape index (κ2) is 9.65. The number of alkyl carbamates (subject to hydrolysis) is 1. The van der Waals surface area contributed by atoms with Crippen LogP contribution in [0.2, 0.25) is 0 Å². The van der Waals surface area contributed by atoms with Gasteiger partial charge in [0.15, 0.2) is 0 Å². The zero-order chi connectivity index (χ0) is 24.4. The van der Waals surface area contributed by atoms with Crippen molar-refractivity contribution in [2.24, 2.45) is 5.92 Å². The first-order chi connectivity index (χ1) is 15.6. The van der Waals surface area contributed by atoms with E-state index in [4.69, 9.17) is 9.47 Å². The van der Waals surface area contributed by atoms with E-state index in [1.54, 1.807) is 13.0 Å². The summed E-state index contributed by atoms with van der Waals surface area (Å²) in [6.45, 7) is 6.87. The number of fused-ring (bicyclic) bond motifs is 1. The number of carbonyl (C=O) groups is 4. The average molecular weight is 463 g/mol. The average Bonchev–Trinajstić information content (AvgIpc) is 3.30. The number of hydrogen-bond acceptors (Lipinski definition) is 7. The van der Waals surface area contributed by atoms with E-state index in [0.717, 1.165) is 0 Å². The molecule has 0 aliphatic carbocycles. The Morgan fingerprint density at radius 3 is 2.64 bits per heavy atom. The first-order valence-electron chi connectivity index (χ1n) is 10.7. The Kier molecular flexibility index (Phi) is 7.11. The van der Waals surface area contributed by atoms with Crippen molar-refractivity contribution in [3.05, 3.63) is 35.6 Å². The number of nitrogens with zero attached hydrogens (tertiary/aromatic N) is 2. The molecule has 0 aromatic carbocycles. The van der Waals surface area contributed by atoms with E-state index in [1.807, 2.05) is 0 Å². The predicted octanol–water partition coefficient (Wildman–Crippen LogP) is 1.00. The summed E-state index contributed by atoms with van der Waals surface area (Å²) in [5, 5.41) is 22.0. The SMILES string of the molecule is C=CCOC(=O)N1C[C@H](OC(=O)NC)C[C@H]1C=C(C)C1=C(C(=O)O)N2C(=O)[C@H]([C@@H](C)O)[C@H]2C1. The highest BCUT2D eigenvalue weighted by molar-refractivity contribution is 6.00. The number of aliphatic hydroxyl groups excluding tert-OH is 1. The highest BCUT2D eigenvalue weighted by Crippen LogP contribution is 2.45. The minimum Gasteiger partial charge on any atom is -0.477 e. The molecule has 0 unspecified atom stereocenters. The molecule has 3 rings (SSSR count). The molecule has 3 heterocycles. The van der Waals surface area contributed by atoms with Gasteiger partial charge in [0.25, 0.3) is 0 Å². The van der Waals surface area contributed by atoms with Gasteiger partial charge in [-0.2, -0.15) is 0 Å². The molecule has 33 heavy (non-hydrogen) atoms. The van der Waals surface area contributed by atoms with E-state index in [1.165, 1.54) is 29.8 Å². The Labute approximate surface area is 191 Å². The molecule has 3 N–H and O–H groups in total.